The first-order valence-corrected chi connectivity index (χ1v) is 8.20. The largest absolute Gasteiger partial charge is 0.506 e. The van der Waals surface area contributed by atoms with Crippen LogP contribution in [0.1, 0.15) is 0 Å². The molecule has 0 aliphatic carbocycles. The van der Waals surface area contributed by atoms with Crippen molar-refractivity contribution in [3.63, 3.8) is 0 Å². The average molecular weight is 349 g/mol. The monoisotopic (exact) mass is 349 g/mol. The van der Waals surface area contributed by atoms with Crippen LogP contribution in [0.5, 0.6) is 5.75 Å². The lowest BCUT2D eigenvalue weighted by atomic mass is 10.1. The zero-order chi connectivity index (χ0) is 16.9. The molecule has 0 radical (unpaired) electrons. The van der Waals surface area contributed by atoms with E-state index in [-0.39, 0.29) is 0 Å². The number of nitrogens with zero attached hydrogens (tertiary/aromatic N) is 1. The molecule has 0 saturated heterocycles. The Bertz CT molecular complexity index is 1010. The predicted molar refractivity (Wildman–Crippen MR) is 71.9 cm³/mol. The van der Waals surface area contributed by atoms with Gasteiger partial charge in [-0.25, -0.2) is 0 Å². The second-order valence-corrected chi connectivity index (χ2v) is 6.91. The van der Waals surface area contributed by atoms with Crippen LogP contribution in [0.25, 0.3) is 10.8 Å². The average Bonchev–Trinajstić information content (AvgIpc) is 2.34. The van der Waals surface area contributed by atoms with Crippen LogP contribution in [-0.4, -0.2) is 36.0 Å². The summed E-state index contributed by atoms with van der Waals surface area (Å²) in [5.41, 5.74) is -0.579. The summed E-state index contributed by atoms with van der Waals surface area (Å²) in [4.78, 5) is 7.91. The molecule has 0 saturated carbocycles. The number of rotatable bonds is 3. The predicted octanol–water partition coefficient (Wildman–Crippen LogP) is 0.947. The van der Waals surface area contributed by atoms with Crippen molar-refractivity contribution in [2.75, 3.05) is 0 Å². The lowest BCUT2D eigenvalue weighted by Gasteiger charge is -2.10. The summed E-state index contributed by atoms with van der Waals surface area (Å²) in [5, 5.41) is 19.3. The van der Waals surface area contributed by atoms with Gasteiger partial charge in [0.15, 0.2) is 0 Å². The molecule has 0 heterocycles. The summed E-state index contributed by atoms with van der Waals surface area (Å²) in [6.07, 6.45) is 0. The molecule has 12 heteroatoms. The number of non-ortho nitro benzene ring substituents is 1. The van der Waals surface area contributed by atoms with E-state index >= 15 is 0 Å². The van der Waals surface area contributed by atoms with E-state index in [2.05, 4.69) is 0 Å². The minimum absolute atomic E-state index is 0.379. The zero-order valence-electron chi connectivity index (χ0n) is 10.4. The Hall–Kier alpha value is -2.28. The maximum Gasteiger partial charge on any atom is 0.298 e. The third-order valence-corrected chi connectivity index (χ3v) is 4.60. The van der Waals surface area contributed by atoms with E-state index in [1.165, 1.54) is 0 Å². The minimum atomic E-state index is -4.95. The highest BCUT2D eigenvalue weighted by molar-refractivity contribution is 7.86. The Balaban J connectivity index is 3.12. The van der Waals surface area contributed by atoms with Gasteiger partial charge in [0.25, 0.3) is 25.9 Å². The number of nitro groups is 1. The number of phenolic OH excluding ortho intramolecular Hbond substituents is 1. The van der Waals surface area contributed by atoms with Gasteiger partial charge in [0.05, 0.1) is 4.92 Å². The molecule has 0 atom stereocenters. The SMILES string of the molecule is O=[N+]([O-])c1ccc2c(S(=O)(=O)O)c(O)cc(S(=O)(=O)O)c2c1. The molecule has 2 rings (SSSR count). The second kappa shape index (κ2) is 4.88. The van der Waals surface area contributed by atoms with Gasteiger partial charge in [-0.1, -0.05) is 0 Å². The molecule has 0 fully saturated rings. The van der Waals surface area contributed by atoms with Crippen molar-refractivity contribution in [1.82, 2.24) is 0 Å². The van der Waals surface area contributed by atoms with Crippen LogP contribution in [0.4, 0.5) is 5.69 Å². The lowest BCUT2D eigenvalue weighted by Crippen LogP contribution is -2.05. The Labute approximate surface area is 123 Å². The molecule has 0 spiro atoms. The van der Waals surface area contributed by atoms with Crippen molar-refractivity contribution in [2.45, 2.75) is 9.79 Å². The fraction of sp³-hybridized carbons (Fsp3) is 0. The van der Waals surface area contributed by atoms with E-state index in [9.17, 15) is 32.1 Å². The number of benzene rings is 2. The smallest absolute Gasteiger partial charge is 0.298 e. The summed E-state index contributed by atoms with van der Waals surface area (Å²) in [6.45, 7) is 0. The Morgan fingerprint density at radius 1 is 0.955 bits per heavy atom. The van der Waals surface area contributed by atoms with Crippen LogP contribution in [0.15, 0.2) is 34.1 Å². The number of nitro benzene ring substituents is 1. The molecular weight excluding hydrogens is 342 g/mol. The van der Waals surface area contributed by atoms with E-state index in [1.54, 1.807) is 0 Å². The number of hydrogen-bond donors (Lipinski definition) is 3. The Kier molecular flexibility index (Phi) is 3.57. The Morgan fingerprint density at radius 2 is 1.55 bits per heavy atom. The van der Waals surface area contributed by atoms with Crippen molar-refractivity contribution < 1.29 is 36.0 Å². The molecule has 118 valence electrons. The third-order valence-electron chi connectivity index (χ3n) is 2.76. The third kappa shape index (κ3) is 2.71. The summed E-state index contributed by atoms with van der Waals surface area (Å²) in [5.74, 6) is -1.13. The molecule has 3 N–H and O–H groups in total. The molecule has 0 aliphatic rings. The van der Waals surface area contributed by atoms with Crippen molar-refractivity contribution in [1.29, 1.82) is 0 Å². The summed E-state index contributed by atoms with van der Waals surface area (Å²) < 4.78 is 63.4. The van der Waals surface area contributed by atoms with Crippen LogP contribution in [0, 0.1) is 10.1 Å². The summed E-state index contributed by atoms with van der Waals surface area (Å²) in [6, 6.07) is 2.77. The van der Waals surface area contributed by atoms with Gasteiger partial charge < -0.3 is 5.11 Å². The van der Waals surface area contributed by atoms with Crippen LogP contribution < -0.4 is 0 Å². The molecule has 0 aromatic heterocycles. The first-order valence-electron chi connectivity index (χ1n) is 5.32. The van der Waals surface area contributed by atoms with Gasteiger partial charge >= 0.3 is 0 Å². The first kappa shape index (κ1) is 16.1. The second-order valence-electron chi connectivity index (χ2n) is 4.16. The van der Waals surface area contributed by atoms with Crippen LogP contribution >= 0.6 is 0 Å². The van der Waals surface area contributed by atoms with Crippen molar-refractivity contribution >= 4 is 36.7 Å². The van der Waals surface area contributed by atoms with E-state index in [4.69, 9.17) is 9.11 Å². The number of fused-ring (bicyclic) bond motifs is 1. The maximum absolute atomic E-state index is 11.3. The van der Waals surface area contributed by atoms with Gasteiger partial charge in [-0.3, -0.25) is 19.2 Å². The molecule has 0 unspecified atom stereocenters. The Morgan fingerprint density at radius 3 is 2.00 bits per heavy atom. The topological polar surface area (TPSA) is 172 Å². The van der Waals surface area contributed by atoms with Gasteiger partial charge in [0, 0.05) is 29.0 Å². The van der Waals surface area contributed by atoms with Crippen LogP contribution in [0.3, 0.4) is 0 Å². The quantitative estimate of drug-likeness (QED) is 0.414. The fourth-order valence-electron chi connectivity index (χ4n) is 1.94. The summed E-state index contributed by atoms with van der Waals surface area (Å²) >= 11 is 0. The highest BCUT2D eigenvalue weighted by Gasteiger charge is 2.26. The fourth-order valence-corrected chi connectivity index (χ4v) is 3.42. The van der Waals surface area contributed by atoms with E-state index < -0.39 is 57.2 Å². The number of aromatic hydroxyl groups is 1. The van der Waals surface area contributed by atoms with Gasteiger partial charge in [0.1, 0.15) is 15.5 Å². The molecule has 0 bridgehead atoms. The van der Waals surface area contributed by atoms with Crippen LogP contribution in [-0.2, 0) is 20.2 Å². The van der Waals surface area contributed by atoms with Crippen LogP contribution in [0.2, 0.25) is 0 Å². The van der Waals surface area contributed by atoms with Crippen molar-refractivity contribution in [3.05, 3.63) is 34.4 Å². The molecular formula is C10H7NO9S2. The van der Waals surface area contributed by atoms with Crippen molar-refractivity contribution in [2.24, 2.45) is 0 Å². The van der Waals surface area contributed by atoms with Gasteiger partial charge in [-0.2, -0.15) is 16.8 Å². The lowest BCUT2D eigenvalue weighted by molar-refractivity contribution is -0.384. The highest BCUT2D eigenvalue weighted by atomic mass is 32.2. The zero-order valence-corrected chi connectivity index (χ0v) is 12.0. The normalized spacial score (nSPS) is 12.5. The first-order chi connectivity index (χ1) is 9.93. The molecule has 0 amide bonds. The van der Waals surface area contributed by atoms with Gasteiger partial charge in [-0.05, 0) is 6.07 Å². The molecule has 22 heavy (non-hydrogen) atoms. The standard InChI is InChI=1S/C10H7NO9S2/c12-8-4-9(21(15,16)17)7-3-5(11(13)14)1-2-6(7)10(8)22(18,19)20/h1-4,12H,(H,15,16,17)(H,18,19,20). The van der Waals surface area contributed by atoms with Gasteiger partial charge in [-0.15, -0.1) is 0 Å². The molecule has 10 nitrogen and oxygen atoms in total. The number of phenols is 1. The highest BCUT2D eigenvalue weighted by Crippen LogP contribution is 2.37. The maximum atomic E-state index is 11.3. The molecule has 0 aliphatic heterocycles. The minimum Gasteiger partial charge on any atom is -0.506 e. The van der Waals surface area contributed by atoms with Gasteiger partial charge in [0.2, 0.25) is 0 Å². The van der Waals surface area contributed by atoms with Crippen molar-refractivity contribution in [3.8, 4) is 5.75 Å². The molecule has 2 aromatic carbocycles. The van der Waals surface area contributed by atoms with E-state index in [1.807, 2.05) is 0 Å². The molecule has 2 aromatic rings. The van der Waals surface area contributed by atoms with E-state index in [0.29, 0.717) is 12.1 Å². The van der Waals surface area contributed by atoms with E-state index in [0.717, 1.165) is 12.1 Å². The number of hydrogen-bond acceptors (Lipinski definition) is 7. The summed E-state index contributed by atoms with van der Waals surface area (Å²) in [7, 11) is -9.87.